The third-order valence-corrected chi connectivity index (χ3v) is 6.97. The Labute approximate surface area is 212 Å². The van der Waals surface area contributed by atoms with Crippen LogP contribution in [0.25, 0.3) is 5.65 Å². The number of anilines is 1. The van der Waals surface area contributed by atoms with Crippen LogP contribution in [0.1, 0.15) is 48.5 Å². The van der Waals surface area contributed by atoms with Crippen molar-refractivity contribution in [2.75, 3.05) is 18.4 Å². The van der Waals surface area contributed by atoms with Gasteiger partial charge >= 0.3 is 6.03 Å². The second-order valence-corrected chi connectivity index (χ2v) is 9.73. The highest BCUT2D eigenvalue weighted by Gasteiger charge is 2.27. The molecule has 2 amide bonds. The average molecular weight is 534 g/mol. The van der Waals surface area contributed by atoms with Gasteiger partial charge in [-0.25, -0.2) is 9.78 Å². The predicted molar refractivity (Wildman–Crippen MR) is 139 cm³/mol. The van der Waals surface area contributed by atoms with E-state index >= 15 is 0 Å². The third-order valence-electron chi connectivity index (χ3n) is 6.41. The molecular formula is C26H28BrN7O. The lowest BCUT2D eigenvalue weighted by Crippen LogP contribution is -2.45. The number of fused-ring (bicyclic) bond motifs is 1. The molecule has 1 aromatic carbocycles. The zero-order valence-electron chi connectivity index (χ0n) is 19.6. The molecule has 0 aliphatic carbocycles. The van der Waals surface area contributed by atoms with E-state index in [1.807, 2.05) is 60.5 Å². The van der Waals surface area contributed by atoms with Crippen LogP contribution in [0.3, 0.4) is 0 Å². The van der Waals surface area contributed by atoms with E-state index in [4.69, 9.17) is 4.98 Å². The molecule has 2 atom stereocenters. The lowest BCUT2D eigenvalue weighted by molar-refractivity contribution is 0.176. The molecule has 9 heteroatoms. The molecule has 0 radical (unpaired) electrons. The van der Waals surface area contributed by atoms with E-state index in [0.717, 1.165) is 52.1 Å². The van der Waals surface area contributed by atoms with Crippen molar-refractivity contribution in [3.8, 4) is 0 Å². The fraction of sp³-hybridized carbons (Fsp3) is 0.308. The fourth-order valence-electron chi connectivity index (χ4n) is 4.49. The summed E-state index contributed by atoms with van der Waals surface area (Å²) in [7, 11) is 0. The largest absolute Gasteiger partial charge is 0.366 e. The number of carbonyl (C=O) groups is 1. The number of nitrogens with zero attached hydrogens (tertiary/aromatic N) is 5. The molecule has 3 aromatic heterocycles. The van der Waals surface area contributed by atoms with Gasteiger partial charge in [-0.05, 0) is 52.9 Å². The van der Waals surface area contributed by atoms with Crippen molar-refractivity contribution in [3.63, 3.8) is 0 Å². The average Bonchev–Trinajstić information content (AvgIpc) is 3.29. The Balaban J connectivity index is 1.33. The van der Waals surface area contributed by atoms with Crippen molar-refractivity contribution in [2.45, 2.75) is 38.3 Å². The molecule has 35 heavy (non-hydrogen) atoms. The summed E-state index contributed by atoms with van der Waals surface area (Å²) in [6.07, 6.45) is 7.29. The standard InChI is InChI=1S/C26H28BrN7O/c1-18(20-8-3-2-4-9-20)31-26(35)33-12-6-10-21(17-33)23-13-24(29-15-19-7-5-11-28-14-19)34-25(32-23)22(27)16-30-34/h2-5,7-9,11,13-14,16,18,21,29H,6,10,12,15,17H2,1H3,(H,31,35)/t18-,21?/m0/s1. The molecule has 1 unspecified atom stereocenters. The SMILES string of the molecule is C[C@H](NC(=O)N1CCCC(c2cc(NCc3cccnc3)n3ncc(Br)c3n2)C1)c1ccccc1. The van der Waals surface area contributed by atoms with Gasteiger partial charge in [-0.2, -0.15) is 9.61 Å². The second-order valence-electron chi connectivity index (χ2n) is 8.88. The number of amides is 2. The number of hydrogen-bond donors (Lipinski definition) is 2. The van der Waals surface area contributed by atoms with Gasteiger partial charge in [0.05, 0.1) is 22.4 Å². The number of nitrogens with one attached hydrogen (secondary N) is 2. The summed E-state index contributed by atoms with van der Waals surface area (Å²) in [4.78, 5) is 24.1. The maximum Gasteiger partial charge on any atom is 0.317 e. The minimum atomic E-state index is -0.0513. The summed E-state index contributed by atoms with van der Waals surface area (Å²) in [5, 5.41) is 11.1. The number of likely N-dealkylation sites (tertiary alicyclic amines) is 1. The quantitative estimate of drug-likeness (QED) is 0.358. The maximum absolute atomic E-state index is 13.1. The summed E-state index contributed by atoms with van der Waals surface area (Å²) >= 11 is 3.58. The third kappa shape index (κ3) is 5.30. The Morgan fingerprint density at radius 1 is 1.20 bits per heavy atom. The molecule has 4 heterocycles. The van der Waals surface area contributed by atoms with Gasteiger partial charge in [0.15, 0.2) is 5.65 Å². The van der Waals surface area contributed by atoms with Crippen molar-refractivity contribution in [1.29, 1.82) is 0 Å². The molecule has 4 aromatic rings. The first-order valence-electron chi connectivity index (χ1n) is 11.9. The van der Waals surface area contributed by atoms with Crippen LogP contribution < -0.4 is 10.6 Å². The van der Waals surface area contributed by atoms with Crippen LogP contribution in [-0.4, -0.2) is 43.6 Å². The molecule has 1 fully saturated rings. The van der Waals surface area contributed by atoms with Crippen LogP contribution in [0.5, 0.6) is 0 Å². The van der Waals surface area contributed by atoms with Crippen LogP contribution in [0.4, 0.5) is 10.6 Å². The van der Waals surface area contributed by atoms with Gasteiger partial charge in [0.2, 0.25) is 0 Å². The van der Waals surface area contributed by atoms with Gasteiger partial charge in [-0.1, -0.05) is 36.4 Å². The lowest BCUT2D eigenvalue weighted by Gasteiger charge is -2.33. The van der Waals surface area contributed by atoms with Gasteiger partial charge in [-0.15, -0.1) is 0 Å². The molecule has 1 aliphatic rings. The van der Waals surface area contributed by atoms with E-state index in [-0.39, 0.29) is 18.0 Å². The zero-order chi connectivity index (χ0) is 24.2. The van der Waals surface area contributed by atoms with Crippen molar-refractivity contribution >= 4 is 33.4 Å². The van der Waals surface area contributed by atoms with Gasteiger partial charge < -0.3 is 15.5 Å². The first-order chi connectivity index (χ1) is 17.1. The molecule has 5 rings (SSSR count). The van der Waals surface area contributed by atoms with Crippen LogP contribution in [0, 0.1) is 0 Å². The number of carbonyl (C=O) groups excluding carboxylic acids is 1. The van der Waals surface area contributed by atoms with Crippen molar-refractivity contribution in [1.82, 2.24) is 29.8 Å². The molecule has 2 N–H and O–H groups in total. The van der Waals surface area contributed by atoms with Crippen molar-refractivity contribution < 1.29 is 4.79 Å². The number of urea groups is 1. The number of benzene rings is 1. The minimum Gasteiger partial charge on any atom is -0.366 e. The molecule has 8 nitrogen and oxygen atoms in total. The maximum atomic E-state index is 13.1. The fourth-order valence-corrected chi connectivity index (χ4v) is 4.84. The van der Waals surface area contributed by atoms with E-state index < -0.39 is 0 Å². The Morgan fingerprint density at radius 3 is 2.86 bits per heavy atom. The first kappa shape index (κ1) is 23.3. The highest BCUT2D eigenvalue weighted by atomic mass is 79.9. The van der Waals surface area contributed by atoms with Gasteiger partial charge in [0.25, 0.3) is 0 Å². The van der Waals surface area contributed by atoms with Crippen LogP contribution in [-0.2, 0) is 6.54 Å². The number of piperidine rings is 1. The van der Waals surface area contributed by atoms with Crippen molar-refractivity contribution in [2.24, 2.45) is 0 Å². The molecular weight excluding hydrogens is 506 g/mol. The number of pyridine rings is 1. The molecule has 1 saturated heterocycles. The van der Waals surface area contributed by atoms with Crippen LogP contribution >= 0.6 is 15.9 Å². The van der Waals surface area contributed by atoms with Crippen LogP contribution in [0.2, 0.25) is 0 Å². The molecule has 1 aliphatic heterocycles. The number of hydrogen-bond acceptors (Lipinski definition) is 5. The number of halogens is 1. The van der Waals surface area contributed by atoms with Crippen LogP contribution in [0.15, 0.2) is 71.6 Å². The molecule has 0 bridgehead atoms. The Bertz CT molecular complexity index is 1300. The monoisotopic (exact) mass is 533 g/mol. The van der Waals surface area contributed by atoms with E-state index in [2.05, 4.69) is 42.7 Å². The zero-order valence-corrected chi connectivity index (χ0v) is 21.1. The summed E-state index contributed by atoms with van der Waals surface area (Å²) < 4.78 is 2.64. The predicted octanol–water partition coefficient (Wildman–Crippen LogP) is 5.15. The highest BCUT2D eigenvalue weighted by molar-refractivity contribution is 9.10. The molecule has 0 spiro atoms. The Kier molecular flexibility index (Phi) is 6.94. The molecule has 180 valence electrons. The normalized spacial score (nSPS) is 16.7. The summed E-state index contributed by atoms with van der Waals surface area (Å²) in [6, 6.07) is 16.0. The van der Waals surface area contributed by atoms with E-state index in [1.165, 1.54) is 0 Å². The number of rotatable bonds is 6. The van der Waals surface area contributed by atoms with E-state index in [9.17, 15) is 4.79 Å². The topological polar surface area (TPSA) is 87.5 Å². The van der Waals surface area contributed by atoms with E-state index in [0.29, 0.717) is 13.1 Å². The Hall–Kier alpha value is -3.46. The number of aromatic nitrogens is 4. The van der Waals surface area contributed by atoms with Crippen molar-refractivity contribution in [3.05, 3.63) is 88.4 Å². The highest BCUT2D eigenvalue weighted by Crippen LogP contribution is 2.30. The van der Waals surface area contributed by atoms with E-state index in [1.54, 1.807) is 16.9 Å². The smallest absolute Gasteiger partial charge is 0.317 e. The minimum absolute atomic E-state index is 0.0346. The second kappa shape index (κ2) is 10.4. The summed E-state index contributed by atoms with van der Waals surface area (Å²) in [5.41, 5.74) is 3.89. The van der Waals surface area contributed by atoms with Gasteiger partial charge in [0, 0.05) is 44.0 Å². The summed E-state index contributed by atoms with van der Waals surface area (Å²) in [5.74, 6) is 1.01. The summed E-state index contributed by atoms with van der Waals surface area (Å²) in [6.45, 7) is 4.01. The van der Waals surface area contributed by atoms with Gasteiger partial charge in [-0.3, -0.25) is 4.98 Å². The molecule has 0 saturated carbocycles. The first-order valence-corrected chi connectivity index (χ1v) is 12.6. The van der Waals surface area contributed by atoms with Gasteiger partial charge in [0.1, 0.15) is 5.82 Å². The lowest BCUT2D eigenvalue weighted by atomic mass is 9.94. The Morgan fingerprint density at radius 2 is 2.06 bits per heavy atom.